The third-order valence-electron chi connectivity index (χ3n) is 4.21. The number of piperazine rings is 1. The number of ether oxygens (including phenoxy) is 2. The van der Waals surface area contributed by atoms with Gasteiger partial charge in [-0.2, -0.15) is 0 Å². The highest BCUT2D eigenvalue weighted by Crippen LogP contribution is 2.21. The van der Waals surface area contributed by atoms with Crippen LogP contribution in [0, 0.1) is 0 Å². The van der Waals surface area contributed by atoms with Gasteiger partial charge in [-0.15, -0.1) is 0 Å². The molecule has 1 aliphatic heterocycles. The first-order valence-corrected chi connectivity index (χ1v) is 8.20. The Morgan fingerprint density at radius 1 is 1.08 bits per heavy atom. The molecule has 25 heavy (non-hydrogen) atoms. The second-order valence-corrected chi connectivity index (χ2v) is 5.77. The summed E-state index contributed by atoms with van der Waals surface area (Å²) in [5.41, 5.74) is 0.941. The number of carbonyl (C=O) groups is 1. The minimum atomic E-state index is 0.0313. The average molecular weight is 342 g/mol. The van der Waals surface area contributed by atoms with Crippen LogP contribution in [0.15, 0.2) is 36.5 Å². The number of benzene rings is 1. The van der Waals surface area contributed by atoms with E-state index in [1.54, 1.807) is 13.3 Å². The van der Waals surface area contributed by atoms with Crippen molar-refractivity contribution in [2.24, 2.45) is 0 Å². The van der Waals surface area contributed by atoms with E-state index in [2.05, 4.69) is 14.9 Å². The maximum atomic E-state index is 11.9. The van der Waals surface area contributed by atoms with Crippen LogP contribution in [0.2, 0.25) is 0 Å². The van der Waals surface area contributed by atoms with E-state index < -0.39 is 0 Å². The predicted octanol–water partition coefficient (Wildman–Crippen LogP) is 1.45. The molecule has 0 N–H and O–H groups in total. The van der Waals surface area contributed by atoms with Crippen molar-refractivity contribution in [3.8, 4) is 17.1 Å². The van der Waals surface area contributed by atoms with Gasteiger partial charge in [0, 0.05) is 45.0 Å². The van der Waals surface area contributed by atoms with E-state index in [-0.39, 0.29) is 12.5 Å². The van der Waals surface area contributed by atoms with Gasteiger partial charge in [-0.3, -0.25) is 4.79 Å². The van der Waals surface area contributed by atoms with Crippen LogP contribution in [0.1, 0.15) is 0 Å². The first kappa shape index (κ1) is 17.2. The molecular weight excluding hydrogens is 320 g/mol. The summed E-state index contributed by atoms with van der Waals surface area (Å²) in [6.45, 7) is 2.96. The standard InChI is InChI=1S/C18H22N4O3/c1-24-13-17(23)22-11-9-21(10-12-22)16-7-8-19-18(20-16)14-3-5-15(25-2)6-4-14/h3-8H,9-13H2,1-2H3. The van der Waals surface area contributed by atoms with Crippen LogP contribution < -0.4 is 9.64 Å². The molecule has 0 unspecified atom stereocenters. The van der Waals surface area contributed by atoms with Crippen molar-refractivity contribution < 1.29 is 14.3 Å². The molecule has 0 radical (unpaired) electrons. The van der Waals surface area contributed by atoms with Gasteiger partial charge in [0.25, 0.3) is 0 Å². The highest BCUT2D eigenvalue weighted by atomic mass is 16.5. The number of aromatic nitrogens is 2. The summed E-state index contributed by atoms with van der Waals surface area (Å²) in [5, 5.41) is 0. The van der Waals surface area contributed by atoms with Gasteiger partial charge in [0.1, 0.15) is 18.2 Å². The van der Waals surface area contributed by atoms with Gasteiger partial charge in [-0.05, 0) is 30.3 Å². The van der Waals surface area contributed by atoms with E-state index in [0.717, 1.165) is 30.2 Å². The molecule has 0 atom stereocenters. The molecule has 3 rings (SSSR count). The highest BCUT2D eigenvalue weighted by Gasteiger charge is 2.22. The SMILES string of the molecule is COCC(=O)N1CCN(c2ccnc(-c3ccc(OC)cc3)n2)CC1. The van der Waals surface area contributed by atoms with E-state index in [0.29, 0.717) is 18.9 Å². The summed E-state index contributed by atoms with van der Waals surface area (Å²) >= 11 is 0. The van der Waals surface area contributed by atoms with Crippen LogP contribution in [0.5, 0.6) is 5.75 Å². The smallest absolute Gasteiger partial charge is 0.248 e. The van der Waals surface area contributed by atoms with Crippen molar-refractivity contribution in [2.45, 2.75) is 0 Å². The molecule has 1 aliphatic rings. The summed E-state index contributed by atoms with van der Waals surface area (Å²) in [5.74, 6) is 2.39. The number of rotatable bonds is 5. The van der Waals surface area contributed by atoms with Gasteiger partial charge in [-0.1, -0.05) is 0 Å². The first-order chi connectivity index (χ1) is 12.2. The molecule has 1 saturated heterocycles. The van der Waals surface area contributed by atoms with Crippen molar-refractivity contribution in [1.82, 2.24) is 14.9 Å². The molecule has 2 heterocycles. The summed E-state index contributed by atoms with van der Waals surface area (Å²) in [7, 11) is 3.18. The van der Waals surface area contributed by atoms with Gasteiger partial charge in [-0.25, -0.2) is 9.97 Å². The minimum Gasteiger partial charge on any atom is -0.497 e. The van der Waals surface area contributed by atoms with Crippen LogP contribution in [0.3, 0.4) is 0 Å². The second-order valence-electron chi connectivity index (χ2n) is 5.77. The van der Waals surface area contributed by atoms with E-state index in [4.69, 9.17) is 9.47 Å². The van der Waals surface area contributed by atoms with E-state index >= 15 is 0 Å². The third-order valence-corrected chi connectivity index (χ3v) is 4.21. The zero-order chi connectivity index (χ0) is 17.6. The number of nitrogens with zero attached hydrogens (tertiary/aromatic N) is 4. The highest BCUT2D eigenvalue weighted by molar-refractivity contribution is 5.77. The largest absolute Gasteiger partial charge is 0.497 e. The van der Waals surface area contributed by atoms with Crippen LogP contribution in [-0.2, 0) is 9.53 Å². The summed E-state index contributed by atoms with van der Waals surface area (Å²) in [6, 6.07) is 9.58. The molecule has 1 aromatic heterocycles. The third kappa shape index (κ3) is 4.06. The van der Waals surface area contributed by atoms with Gasteiger partial charge >= 0.3 is 0 Å². The Hall–Kier alpha value is -2.67. The fourth-order valence-electron chi connectivity index (χ4n) is 2.80. The molecule has 1 aromatic carbocycles. The minimum absolute atomic E-state index is 0.0313. The summed E-state index contributed by atoms with van der Waals surface area (Å²) in [6.07, 6.45) is 1.77. The lowest BCUT2D eigenvalue weighted by molar-refractivity contribution is -0.135. The molecule has 1 fully saturated rings. The Morgan fingerprint density at radius 3 is 2.44 bits per heavy atom. The van der Waals surface area contributed by atoms with Crippen molar-refractivity contribution in [3.63, 3.8) is 0 Å². The Morgan fingerprint density at radius 2 is 1.80 bits per heavy atom. The van der Waals surface area contributed by atoms with Crippen molar-refractivity contribution in [1.29, 1.82) is 0 Å². The Bertz CT molecular complexity index is 713. The number of hydrogen-bond acceptors (Lipinski definition) is 6. The molecule has 0 bridgehead atoms. The average Bonchev–Trinajstić information content (AvgIpc) is 2.68. The monoisotopic (exact) mass is 342 g/mol. The number of anilines is 1. The molecule has 1 amide bonds. The molecule has 132 valence electrons. The number of hydrogen-bond donors (Lipinski definition) is 0. The lowest BCUT2D eigenvalue weighted by atomic mass is 10.2. The van der Waals surface area contributed by atoms with E-state index in [9.17, 15) is 4.79 Å². The Labute approximate surface area is 147 Å². The molecule has 0 saturated carbocycles. The second kappa shape index (κ2) is 7.94. The quantitative estimate of drug-likeness (QED) is 0.819. The van der Waals surface area contributed by atoms with E-state index in [1.807, 2.05) is 35.2 Å². The summed E-state index contributed by atoms with van der Waals surface area (Å²) in [4.78, 5) is 24.9. The predicted molar refractivity (Wildman–Crippen MR) is 94.7 cm³/mol. The number of methoxy groups -OCH3 is 2. The van der Waals surface area contributed by atoms with Gasteiger partial charge in [0.05, 0.1) is 7.11 Å². The number of amides is 1. The summed E-state index contributed by atoms with van der Waals surface area (Å²) < 4.78 is 10.1. The molecule has 2 aromatic rings. The van der Waals surface area contributed by atoms with Crippen LogP contribution in [0.4, 0.5) is 5.82 Å². The first-order valence-electron chi connectivity index (χ1n) is 8.20. The van der Waals surface area contributed by atoms with Crippen molar-refractivity contribution in [2.75, 3.05) is 51.9 Å². The molecule has 0 aliphatic carbocycles. The Balaban J connectivity index is 1.69. The number of carbonyl (C=O) groups excluding carboxylic acids is 1. The van der Waals surface area contributed by atoms with Crippen LogP contribution >= 0.6 is 0 Å². The van der Waals surface area contributed by atoms with Gasteiger partial charge in [0.15, 0.2) is 5.82 Å². The van der Waals surface area contributed by atoms with E-state index in [1.165, 1.54) is 7.11 Å². The van der Waals surface area contributed by atoms with Crippen LogP contribution in [-0.4, -0.2) is 67.8 Å². The zero-order valence-electron chi connectivity index (χ0n) is 14.5. The normalized spacial score (nSPS) is 14.5. The van der Waals surface area contributed by atoms with Crippen molar-refractivity contribution in [3.05, 3.63) is 36.5 Å². The fraction of sp³-hybridized carbons (Fsp3) is 0.389. The van der Waals surface area contributed by atoms with Crippen molar-refractivity contribution >= 4 is 11.7 Å². The molecule has 7 heteroatoms. The lowest BCUT2D eigenvalue weighted by Gasteiger charge is -2.35. The van der Waals surface area contributed by atoms with Gasteiger partial charge < -0.3 is 19.3 Å². The maximum Gasteiger partial charge on any atom is 0.248 e. The molecule has 0 spiro atoms. The van der Waals surface area contributed by atoms with Crippen LogP contribution in [0.25, 0.3) is 11.4 Å². The van der Waals surface area contributed by atoms with Gasteiger partial charge in [0.2, 0.25) is 5.91 Å². The molecule has 7 nitrogen and oxygen atoms in total. The maximum absolute atomic E-state index is 11.9. The lowest BCUT2D eigenvalue weighted by Crippen LogP contribution is -2.50. The fourth-order valence-corrected chi connectivity index (χ4v) is 2.80. The Kier molecular flexibility index (Phi) is 5.45. The zero-order valence-corrected chi connectivity index (χ0v) is 14.5. The molecular formula is C18H22N4O3. The topological polar surface area (TPSA) is 67.8 Å².